The smallest absolute Gasteiger partial charge is 0.207 e. The van der Waals surface area contributed by atoms with Gasteiger partial charge >= 0.3 is 0 Å². The Hall–Kier alpha value is -3.74. The van der Waals surface area contributed by atoms with Crippen LogP contribution in [0.15, 0.2) is 59.5 Å². The molecule has 1 unspecified atom stereocenters. The molecule has 6 nitrogen and oxygen atoms in total. The molecular formula is C27H27FN2O4. The molecule has 2 heterocycles. The number of benzene rings is 2. The minimum atomic E-state index is -0.260. The topological polar surface area (TPSA) is 74.5 Å². The largest absolute Gasteiger partial charge is 0.488 e. The van der Waals surface area contributed by atoms with Gasteiger partial charge in [-0.3, -0.25) is 9.78 Å². The highest BCUT2D eigenvalue weighted by atomic mass is 19.1. The zero-order valence-electron chi connectivity index (χ0n) is 19.5. The second kappa shape index (κ2) is 10.5. The summed E-state index contributed by atoms with van der Waals surface area (Å²) < 4.78 is 31.2. The Morgan fingerprint density at radius 3 is 2.53 bits per heavy atom. The first-order valence-electron chi connectivity index (χ1n) is 11.3. The summed E-state index contributed by atoms with van der Waals surface area (Å²) in [6.07, 6.45) is 4.33. The molecule has 0 aliphatic rings. The highest BCUT2D eigenvalue weighted by Crippen LogP contribution is 2.42. The van der Waals surface area contributed by atoms with Crippen LogP contribution < -0.4 is 9.47 Å². The third-order valence-corrected chi connectivity index (χ3v) is 5.86. The zero-order chi connectivity index (χ0) is 24.1. The molecule has 0 fully saturated rings. The van der Waals surface area contributed by atoms with Crippen LogP contribution in [0.2, 0.25) is 0 Å². The molecule has 0 saturated heterocycles. The van der Waals surface area contributed by atoms with E-state index >= 15 is 0 Å². The Labute approximate surface area is 197 Å². The maximum atomic E-state index is 13.2. The number of ether oxygens (including phenoxy) is 2. The monoisotopic (exact) mass is 462 g/mol. The summed E-state index contributed by atoms with van der Waals surface area (Å²) in [7, 11) is 0. The molecule has 0 N–H and O–H groups in total. The number of Topliss-reactive ketones (excluding diaryl/α,β-unsaturated/α-hetero) is 1. The van der Waals surface area contributed by atoms with Gasteiger partial charge in [0.25, 0.3) is 0 Å². The molecule has 1 atom stereocenters. The van der Waals surface area contributed by atoms with Crippen molar-refractivity contribution in [2.24, 2.45) is 0 Å². The van der Waals surface area contributed by atoms with Crippen LogP contribution in [-0.4, -0.2) is 29.0 Å². The van der Waals surface area contributed by atoms with Gasteiger partial charge in [-0.1, -0.05) is 25.1 Å². The predicted octanol–water partition coefficient (Wildman–Crippen LogP) is 6.07. The summed E-state index contributed by atoms with van der Waals surface area (Å²) >= 11 is 0. The standard InChI is InChI=1S/C27H27FN2O4/c1-17(20-7-9-21(28)10-8-20)11-14-33-27-25(32-15-12-22-6-4-5-13-29-22)23(19(3)31)18(2)24-26(27)34-16-30-24/h4-10,13,16-17H,11-12,14-15H2,1-3H3. The van der Waals surface area contributed by atoms with Crippen LogP contribution in [0.3, 0.4) is 0 Å². The third-order valence-electron chi connectivity index (χ3n) is 5.86. The van der Waals surface area contributed by atoms with Gasteiger partial charge in [-0.05, 0) is 61.6 Å². The predicted molar refractivity (Wildman–Crippen MR) is 127 cm³/mol. The minimum absolute atomic E-state index is 0.139. The molecule has 0 spiro atoms. The van der Waals surface area contributed by atoms with Gasteiger partial charge in [0.1, 0.15) is 11.3 Å². The fourth-order valence-corrected chi connectivity index (χ4v) is 3.97. The Bertz CT molecular complexity index is 1270. The molecule has 0 bridgehead atoms. The summed E-state index contributed by atoms with van der Waals surface area (Å²) in [6.45, 7) is 6.05. The Morgan fingerprint density at radius 2 is 1.82 bits per heavy atom. The number of ketones is 1. The highest BCUT2D eigenvalue weighted by Gasteiger charge is 2.26. The average molecular weight is 463 g/mol. The molecule has 7 heteroatoms. The van der Waals surface area contributed by atoms with E-state index < -0.39 is 0 Å². The normalized spacial score (nSPS) is 12.0. The summed E-state index contributed by atoms with van der Waals surface area (Å²) in [5.74, 6) is 0.482. The number of carbonyl (C=O) groups is 1. The molecule has 176 valence electrons. The van der Waals surface area contributed by atoms with Crippen molar-refractivity contribution < 1.29 is 23.1 Å². The lowest BCUT2D eigenvalue weighted by molar-refractivity contribution is 0.101. The molecule has 0 saturated carbocycles. The van der Waals surface area contributed by atoms with Crippen molar-refractivity contribution in [1.82, 2.24) is 9.97 Å². The number of rotatable bonds is 10. The number of nitrogens with zero attached hydrogens (tertiary/aromatic N) is 2. The van der Waals surface area contributed by atoms with Crippen molar-refractivity contribution in [3.05, 3.63) is 83.3 Å². The van der Waals surface area contributed by atoms with E-state index in [0.717, 1.165) is 11.3 Å². The van der Waals surface area contributed by atoms with E-state index in [2.05, 4.69) is 16.9 Å². The maximum absolute atomic E-state index is 13.2. The van der Waals surface area contributed by atoms with Gasteiger partial charge < -0.3 is 13.9 Å². The summed E-state index contributed by atoms with van der Waals surface area (Å²) in [5.41, 5.74) is 4.06. The van der Waals surface area contributed by atoms with Crippen LogP contribution in [-0.2, 0) is 6.42 Å². The van der Waals surface area contributed by atoms with Gasteiger partial charge in [-0.25, -0.2) is 9.37 Å². The van der Waals surface area contributed by atoms with Gasteiger partial charge in [0, 0.05) is 18.3 Å². The molecule has 2 aromatic carbocycles. The van der Waals surface area contributed by atoms with E-state index in [1.807, 2.05) is 25.1 Å². The molecule has 4 rings (SSSR count). The first-order chi connectivity index (χ1) is 16.5. The Morgan fingerprint density at radius 1 is 1.06 bits per heavy atom. The molecule has 0 aliphatic carbocycles. The van der Waals surface area contributed by atoms with Crippen molar-refractivity contribution >= 4 is 16.9 Å². The summed E-state index contributed by atoms with van der Waals surface area (Å²) in [5, 5.41) is 0. The quantitative estimate of drug-likeness (QED) is 0.266. The second-order valence-corrected chi connectivity index (χ2v) is 8.25. The van der Waals surface area contributed by atoms with Crippen LogP contribution in [0.5, 0.6) is 11.5 Å². The van der Waals surface area contributed by atoms with Crippen molar-refractivity contribution in [3.8, 4) is 11.5 Å². The van der Waals surface area contributed by atoms with E-state index in [-0.39, 0.29) is 17.5 Å². The second-order valence-electron chi connectivity index (χ2n) is 8.25. The number of aromatic nitrogens is 2. The van der Waals surface area contributed by atoms with Crippen LogP contribution in [0, 0.1) is 12.7 Å². The van der Waals surface area contributed by atoms with E-state index in [1.54, 1.807) is 18.3 Å². The minimum Gasteiger partial charge on any atom is -0.488 e. The van der Waals surface area contributed by atoms with Gasteiger partial charge in [-0.15, -0.1) is 0 Å². The fourth-order valence-electron chi connectivity index (χ4n) is 3.97. The van der Waals surface area contributed by atoms with E-state index in [1.165, 1.54) is 25.5 Å². The molecule has 0 aliphatic heterocycles. The highest BCUT2D eigenvalue weighted by molar-refractivity contribution is 6.04. The van der Waals surface area contributed by atoms with Crippen LogP contribution in [0.4, 0.5) is 4.39 Å². The van der Waals surface area contributed by atoms with Crippen molar-refractivity contribution in [2.75, 3.05) is 13.2 Å². The number of pyridine rings is 1. The van der Waals surface area contributed by atoms with Crippen LogP contribution >= 0.6 is 0 Å². The van der Waals surface area contributed by atoms with Crippen molar-refractivity contribution in [2.45, 2.75) is 39.5 Å². The van der Waals surface area contributed by atoms with E-state index in [9.17, 15) is 9.18 Å². The maximum Gasteiger partial charge on any atom is 0.207 e. The lowest BCUT2D eigenvalue weighted by atomic mass is 9.98. The van der Waals surface area contributed by atoms with Gasteiger partial charge in [-0.2, -0.15) is 0 Å². The summed E-state index contributed by atoms with van der Waals surface area (Å²) in [4.78, 5) is 21.2. The molecular weight excluding hydrogens is 435 g/mol. The third kappa shape index (κ3) is 5.09. The van der Waals surface area contributed by atoms with E-state index in [4.69, 9.17) is 13.9 Å². The Balaban J connectivity index is 1.58. The number of carbonyl (C=O) groups excluding carboxylic acids is 1. The SMILES string of the molecule is CC(=O)c1c(OCCc2ccccn2)c(OCCC(C)c2ccc(F)cc2)c2ocnc2c1C. The number of oxazole rings is 1. The first kappa shape index (κ1) is 23.4. The number of fused-ring (bicyclic) bond motifs is 1. The average Bonchev–Trinajstić information content (AvgIpc) is 3.32. The van der Waals surface area contributed by atoms with Crippen molar-refractivity contribution in [1.29, 1.82) is 0 Å². The van der Waals surface area contributed by atoms with Gasteiger partial charge in [0.15, 0.2) is 17.9 Å². The Kier molecular flexibility index (Phi) is 7.21. The summed E-state index contributed by atoms with van der Waals surface area (Å²) in [6, 6.07) is 12.2. The number of hydrogen-bond acceptors (Lipinski definition) is 6. The van der Waals surface area contributed by atoms with Crippen molar-refractivity contribution in [3.63, 3.8) is 0 Å². The number of aryl methyl sites for hydroxylation is 1. The zero-order valence-corrected chi connectivity index (χ0v) is 19.5. The fraction of sp³-hybridized carbons (Fsp3) is 0.296. The molecule has 4 aromatic rings. The lowest BCUT2D eigenvalue weighted by Crippen LogP contribution is -2.11. The molecule has 0 radical (unpaired) electrons. The number of halogens is 1. The lowest BCUT2D eigenvalue weighted by Gasteiger charge is -2.19. The number of hydrogen-bond donors (Lipinski definition) is 0. The van der Waals surface area contributed by atoms with Gasteiger partial charge in [0.05, 0.1) is 18.8 Å². The molecule has 2 aromatic heterocycles. The van der Waals surface area contributed by atoms with E-state index in [0.29, 0.717) is 59.8 Å². The first-order valence-corrected chi connectivity index (χ1v) is 11.3. The van der Waals surface area contributed by atoms with Crippen LogP contribution in [0.1, 0.15) is 53.4 Å². The molecule has 0 amide bonds. The van der Waals surface area contributed by atoms with Crippen LogP contribution in [0.25, 0.3) is 11.1 Å². The molecule has 34 heavy (non-hydrogen) atoms. The van der Waals surface area contributed by atoms with Gasteiger partial charge in [0.2, 0.25) is 11.3 Å².